The van der Waals surface area contributed by atoms with E-state index in [1.165, 1.54) is 6.07 Å². The van der Waals surface area contributed by atoms with Gasteiger partial charge in [0.05, 0.1) is 17.5 Å². The summed E-state index contributed by atoms with van der Waals surface area (Å²) in [7, 11) is 0. The van der Waals surface area contributed by atoms with Gasteiger partial charge in [-0.2, -0.15) is 0 Å². The lowest BCUT2D eigenvalue weighted by molar-refractivity contribution is -0.148. The van der Waals surface area contributed by atoms with Crippen LogP contribution in [-0.4, -0.2) is 22.0 Å². The molecule has 1 aromatic heterocycles. The second-order valence-electron chi connectivity index (χ2n) is 6.87. The molecule has 136 valence electrons. The lowest BCUT2D eigenvalue weighted by Gasteiger charge is -2.26. The van der Waals surface area contributed by atoms with Gasteiger partial charge in [-0.05, 0) is 43.2 Å². The molecule has 0 aliphatic heterocycles. The Bertz CT molecular complexity index is 885. The Morgan fingerprint density at radius 2 is 1.92 bits per heavy atom. The molecule has 2 aromatic rings. The number of aliphatic carboxylic acids is 1. The number of rotatable bonds is 4. The Morgan fingerprint density at radius 1 is 1.19 bits per heavy atom. The quantitative estimate of drug-likeness (QED) is 0.849. The van der Waals surface area contributed by atoms with Crippen LogP contribution in [0.5, 0.6) is 0 Å². The number of carbonyl (C=O) groups is 2. The Kier molecular flexibility index (Phi) is 4.22. The van der Waals surface area contributed by atoms with Gasteiger partial charge in [-0.15, -0.1) is 11.3 Å². The van der Waals surface area contributed by atoms with E-state index in [2.05, 4.69) is 10.3 Å². The van der Waals surface area contributed by atoms with E-state index >= 15 is 0 Å². The van der Waals surface area contributed by atoms with E-state index in [9.17, 15) is 23.5 Å². The fourth-order valence-electron chi connectivity index (χ4n) is 4.36. The van der Waals surface area contributed by atoms with Crippen LogP contribution in [0.15, 0.2) is 23.6 Å². The Morgan fingerprint density at radius 3 is 2.62 bits per heavy atom. The van der Waals surface area contributed by atoms with E-state index < -0.39 is 29.4 Å². The van der Waals surface area contributed by atoms with Crippen molar-refractivity contribution in [3.8, 4) is 11.3 Å². The zero-order valence-corrected chi connectivity index (χ0v) is 14.4. The number of carbonyl (C=O) groups excluding carboxylic acids is 1. The molecule has 1 amide bonds. The van der Waals surface area contributed by atoms with Gasteiger partial charge in [0, 0.05) is 17.0 Å². The Labute approximate surface area is 152 Å². The SMILES string of the molecule is O=C(O)[C@@H]1[C@H]2CC[C@@H](C2)[C@H]1C(=O)Nc1nc(-c2ccc(F)cc2F)cs1. The maximum atomic E-state index is 13.9. The minimum absolute atomic E-state index is 0.0633. The molecule has 0 saturated heterocycles. The van der Waals surface area contributed by atoms with Crippen molar-refractivity contribution >= 4 is 28.3 Å². The van der Waals surface area contributed by atoms with Crippen LogP contribution in [0.25, 0.3) is 11.3 Å². The van der Waals surface area contributed by atoms with Crippen LogP contribution in [0, 0.1) is 35.3 Å². The summed E-state index contributed by atoms with van der Waals surface area (Å²) in [5, 5.41) is 14.0. The van der Waals surface area contributed by atoms with Gasteiger partial charge in [0.2, 0.25) is 5.91 Å². The van der Waals surface area contributed by atoms with Gasteiger partial charge in [-0.1, -0.05) is 0 Å². The summed E-state index contributed by atoms with van der Waals surface area (Å²) in [6.45, 7) is 0. The summed E-state index contributed by atoms with van der Waals surface area (Å²) in [6.07, 6.45) is 2.51. The molecule has 1 heterocycles. The highest BCUT2D eigenvalue weighted by Crippen LogP contribution is 2.52. The molecule has 4 atom stereocenters. The maximum Gasteiger partial charge on any atom is 0.307 e. The highest BCUT2D eigenvalue weighted by Gasteiger charge is 2.54. The first-order valence-electron chi connectivity index (χ1n) is 8.38. The molecular weight excluding hydrogens is 362 g/mol. The average molecular weight is 378 g/mol. The summed E-state index contributed by atoms with van der Waals surface area (Å²) >= 11 is 1.12. The van der Waals surface area contributed by atoms with Gasteiger partial charge < -0.3 is 10.4 Å². The maximum absolute atomic E-state index is 13.9. The standard InChI is InChI=1S/C18H16F2N2O3S/c19-10-3-4-11(12(20)6-10)13-7-26-18(21-13)22-16(23)14-8-1-2-9(5-8)15(14)17(24)25/h3-4,6-9,14-15H,1-2,5H2,(H,24,25)(H,21,22,23)/t8-,9-,14+,15+/m0/s1. The monoisotopic (exact) mass is 378 g/mol. The van der Waals surface area contributed by atoms with Gasteiger partial charge in [-0.3, -0.25) is 9.59 Å². The normalized spacial score (nSPS) is 26.8. The van der Waals surface area contributed by atoms with Crippen molar-refractivity contribution < 1.29 is 23.5 Å². The first-order chi connectivity index (χ1) is 12.4. The van der Waals surface area contributed by atoms with Crippen molar-refractivity contribution in [2.24, 2.45) is 23.7 Å². The third-order valence-corrected chi connectivity index (χ3v) is 6.20. The zero-order chi connectivity index (χ0) is 18.4. The number of thiazole rings is 1. The molecular formula is C18H16F2N2O3S. The molecule has 5 nitrogen and oxygen atoms in total. The summed E-state index contributed by atoms with van der Waals surface area (Å²) in [4.78, 5) is 28.4. The van der Waals surface area contributed by atoms with Crippen LogP contribution in [0.4, 0.5) is 13.9 Å². The number of benzene rings is 1. The number of halogens is 2. The number of amides is 1. The van der Waals surface area contributed by atoms with E-state index in [4.69, 9.17) is 0 Å². The fourth-order valence-corrected chi connectivity index (χ4v) is 5.08. The molecule has 2 saturated carbocycles. The summed E-state index contributed by atoms with van der Waals surface area (Å²) in [5.74, 6) is -3.72. The van der Waals surface area contributed by atoms with Crippen molar-refractivity contribution in [3.63, 3.8) is 0 Å². The van der Waals surface area contributed by atoms with Gasteiger partial charge >= 0.3 is 5.97 Å². The predicted octanol–water partition coefficient (Wildman–Crippen LogP) is 3.77. The largest absolute Gasteiger partial charge is 0.481 e. The summed E-state index contributed by atoms with van der Waals surface area (Å²) in [5.41, 5.74) is 0.442. The van der Waals surface area contributed by atoms with E-state index in [0.29, 0.717) is 5.69 Å². The van der Waals surface area contributed by atoms with Crippen LogP contribution in [0.3, 0.4) is 0 Å². The van der Waals surface area contributed by atoms with Gasteiger partial charge in [0.25, 0.3) is 0 Å². The Hall–Kier alpha value is -2.35. The van der Waals surface area contributed by atoms with Crippen LogP contribution in [-0.2, 0) is 9.59 Å². The molecule has 4 rings (SSSR count). The number of hydrogen-bond donors (Lipinski definition) is 2. The Balaban J connectivity index is 1.52. The number of fused-ring (bicyclic) bond motifs is 2. The van der Waals surface area contributed by atoms with Gasteiger partial charge in [0.1, 0.15) is 11.6 Å². The second-order valence-corrected chi connectivity index (χ2v) is 7.73. The van der Waals surface area contributed by atoms with Crippen LogP contribution in [0.2, 0.25) is 0 Å². The van der Waals surface area contributed by atoms with E-state index in [1.54, 1.807) is 5.38 Å². The molecule has 2 fully saturated rings. The minimum Gasteiger partial charge on any atom is -0.481 e. The van der Waals surface area contributed by atoms with E-state index in [1.807, 2.05) is 0 Å². The molecule has 1 aromatic carbocycles. The predicted molar refractivity (Wildman–Crippen MR) is 91.5 cm³/mol. The third kappa shape index (κ3) is 2.88. The highest BCUT2D eigenvalue weighted by molar-refractivity contribution is 7.14. The van der Waals surface area contributed by atoms with Gasteiger partial charge in [0.15, 0.2) is 5.13 Å². The molecule has 2 aliphatic rings. The molecule has 8 heteroatoms. The highest BCUT2D eigenvalue weighted by atomic mass is 32.1. The first-order valence-corrected chi connectivity index (χ1v) is 9.26. The molecule has 26 heavy (non-hydrogen) atoms. The van der Waals surface area contributed by atoms with Crippen LogP contribution < -0.4 is 5.32 Å². The fraction of sp³-hybridized carbons (Fsp3) is 0.389. The molecule has 0 radical (unpaired) electrons. The number of aromatic nitrogens is 1. The zero-order valence-electron chi connectivity index (χ0n) is 13.6. The van der Waals surface area contributed by atoms with Crippen molar-refractivity contribution in [3.05, 3.63) is 35.2 Å². The molecule has 0 unspecified atom stereocenters. The molecule has 2 aliphatic carbocycles. The smallest absolute Gasteiger partial charge is 0.307 e. The van der Waals surface area contributed by atoms with E-state index in [0.717, 1.165) is 42.7 Å². The number of hydrogen-bond acceptors (Lipinski definition) is 4. The van der Waals surface area contributed by atoms with Crippen LogP contribution >= 0.6 is 11.3 Å². The number of nitrogens with one attached hydrogen (secondary N) is 1. The van der Waals surface area contributed by atoms with E-state index in [-0.39, 0.29) is 28.4 Å². The lowest BCUT2D eigenvalue weighted by atomic mass is 9.79. The molecule has 0 spiro atoms. The first kappa shape index (κ1) is 17.1. The van der Waals surface area contributed by atoms with Crippen molar-refractivity contribution in [1.29, 1.82) is 0 Å². The minimum atomic E-state index is -0.925. The average Bonchev–Trinajstić information content (AvgIpc) is 3.29. The lowest BCUT2D eigenvalue weighted by Crippen LogP contribution is -2.37. The summed E-state index contributed by atoms with van der Waals surface area (Å²) < 4.78 is 26.9. The molecule has 2 bridgehead atoms. The van der Waals surface area contributed by atoms with Crippen LogP contribution in [0.1, 0.15) is 19.3 Å². The van der Waals surface area contributed by atoms with Crippen molar-refractivity contribution in [2.45, 2.75) is 19.3 Å². The third-order valence-electron chi connectivity index (χ3n) is 5.45. The van der Waals surface area contributed by atoms with Crippen molar-refractivity contribution in [2.75, 3.05) is 5.32 Å². The second kappa shape index (κ2) is 6.42. The number of anilines is 1. The number of carboxylic acid groups (broad SMARTS) is 1. The van der Waals surface area contributed by atoms with Gasteiger partial charge in [-0.25, -0.2) is 13.8 Å². The van der Waals surface area contributed by atoms with Crippen molar-refractivity contribution in [1.82, 2.24) is 4.98 Å². The topological polar surface area (TPSA) is 79.3 Å². The number of nitrogens with zero attached hydrogens (tertiary/aromatic N) is 1. The summed E-state index contributed by atoms with van der Waals surface area (Å²) in [6, 6.07) is 3.21. The molecule has 2 N–H and O–H groups in total. The number of carboxylic acids is 1.